The molecule has 0 saturated heterocycles. The summed E-state index contributed by atoms with van der Waals surface area (Å²) in [5.41, 5.74) is 0.146. The van der Waals surface area contributed by atoms with Crippen LogP contribution in [0.4, 0.5) is 0 Å². The average molecular weight is 458 g/mol. The Hall–Kier alpha value is 0.420. The smallest absolute Gasteiger partial charge is 0.147 e. The second kappa shape index (κ2) is 7.43. The van der Waals surface area contributed by atoms with Crippen LogP contribution in [0, 0.1) is 5.92 Å². The molecule has 1 aromatic rings. The Morgan fingerprint density at radius 3 is 2.16 bits per heavy atom. The summed E-state index contributed by atoms with van der Waals surface area (Å²) in [7, 11) is 0. The monoisotopic (exact) mass is 455 g/mol. The van der Waals surface area contributed by atoms with Crippen LogP contribution >= 0.6 is 47.8 Å². The number of nitrogens with one attached hydrogen (secondary N) is 1. The van der Waals surface area contributed by atoms with Crippen LogP contribution in [0.25, 0.3) is 0 Å². The van der Waals surface area contributed by atoms with Gasteiger partial charge >= 0.3 is 0 Å². The SMILES string of the molecule is CC(CNC(C)(C)C)COc1c(Br)cc(Br)cc1Br. The highest BCUT2D eigenvalue weighted by atomic mass is 79.9. The van der Waals surface area contributed by atoms with Crippen molar-refractivity contribution in [3.63, 3.8) is 0 Å². The summed E-state index contributed by atoms with van der Waals surface area (Å²) in [4.78, 5) is 0. The zero-order chi connectivity index (χ0) is 14.6. The summed E-state index contributed by atoms with van der Waals surface area (Å²) >= 11 is 10.5. The maximum atomic E-state index is 5.89. The van der Waals surface area contributed by atoms with Crippen molar-refractivity contribution in [1.29, 1.82) is 0 Å². The Morgan fingerprint density at radius 2 is 1.68 bits per heavy atom. The molecule has 1 N–H and O–H groups in total. The van der Waals surface area contributed by atoms with E-state index in [0.29, 0.717) is 12.5 Å². The van der Waals surface area contributed by atoms with E-state index in [4.69, 9.17) is 4.74 Å². The number of halogens is 3. The van der Waals surface area contributed by atoms with Crippen molar-refractivity contribution in [3.8, 4) is 5.75 Å². The highest BCUT2D eigenvalue weighted by Crippen LogP contribution is 2.36. The van der Waals surface area contributed by atoms with Gasteiger partial charge in [0.2, 0.25) is 0 Å². The van der Waals surface area contributed by atoms with E-state index in [2.05, 4.69) is 80.8 Å². The third kappa shape index (κ3) is 6.61. The summed E-state index contributed by atoms with van der Waals surface area (Å²) < 4.78 is 8.81. The molecule has 0 fully saturated rings. The molecule has 2 nitrogen and oxygen atoms in total. The first kappa shape index (κ1) is 17.5. The fourth-order valence-corrected chi connectivity index (χ4v) is 3.92. The molecule has 0 heterocycles. The topological polar surface area (TPSA) is 21.3 Å². The van der Waals surface area contributed by atoms with Gasteiger partial charge in [0.1, 0.15) is 5.75 Å². The molecule has 5 heteroatoms. The van der Waals surface area contributed by atoms with Crippen LogP contribution in [0.5, 0.6) is 5.75 Å². The van der Waals surface area contributed by atoms with Gasteiger partial charge in [-0.05, 0) is 64.8 Å². The first-order valence-corrected chi connectivity index (χ1v) is 8.59. The molecular weight excluding hydrogens is 438 g/mol. The third-order valence-corrected chi connectivity index (χ3v) is 4.09. The number of rotatable bonds is 5. The molecular formula is C14H20Br3NO. The average Bonchev–Trinajstić information content (AvgIpc) is 2.23. The Balaban J connectivity index is 2.53. The molecule has 1 unspecified atom stereocenters. The second-order valence-electron chi connectivity index (χ2n) is 5.75. The molecule has 19 heavy (non-hydrogen) atoms. The molecule has 0 amide bonds. The minimum atomic E-state index is 0.146. The van der Waals surface area contributed by atoms with Gasteiger partial charge in [-0.15, -0.1) is 0 Å². The first-order chi connectivity index (χ1) is 8.69. The minimum Gasteiger partial charge on any atom is -0.491 e. The highest BCUT2D eigenvalue weighted by Gasteiger charge is 2.13. The van der Waals surface area contributed by atoms with Gasteiger partial charge in [-0.2, -0.15) is 0 Å². The lowest BCUT2D eigenvalue weighted by atomic mass is 10.1. The predicted octanol–water partition coefficient (Wildman–Crippen LogP) is 5.38. The number of ether oxygens (including phenoxy) is 1. The van der Waals surface area contributed by atoms with Crippen LogP contribution in [0.1, 0.15) is 27.7 Å². The second-order valence-corrected chi connectivity index (χ2v) is 8.37. The molecule has 0 aliphatic carbocycles. The maximum Gasteiger partial charge on any atom is 0.147 e. The van der Waals surface area contributed by atoms with Crippen LogP contribution in [-0.4, -0.2) is 18.7 Å². The Kier molecular flexibility index (Phi) is 6.84. The highest BCUT2D eigenvalue weighted by molar-refractivity contribution is 9.11. The quantitative estimate of drug-likeness (QED) is 0.641. The van der Waals surface area contributed by atoms with Crippen molar-refractivity contribution in [1.82, 2.24) is 5.32 Å². The number of benzene rings is 1. The molecule has 0 aliphatic heterocycles. The number of hydrogen-bond donors (Lipinski definition) is 1. The van der Waals surface area contributed by atoms with E-state index in [1.54, 1.807) is 0 Å². The molecule has 0 bridgehead atoms. The van der Waals surface area contributed by atoms with Crippen LogP contribution in [0.3, 0.4) is 0 Å². The summed E-state index contributed by atoms with van der Waals surface area (Å²) in [6.45, 7) is 10.3. The van der Waals surface area contributed by atoms with Gasteiger partial charge in [0, 0.05) is 22.5 Å². The Bertz CT molecular complexity index is 406. The van der Waals surface area contributed by atoms with Gasteiger partial charge in [-0.3, -0.25) is 0 Å². The third-order valence-electron chi connectivity index (χ3n) is 2.46. The molecule has 0 aliphatic rings. The summed E-state index contributed by atoms with van der Waals surface area (Å²) in [5, 5.41) is 3.49. The van der Waals surface area contributed by atoms with Crippen molar-refractivity contribution in [2.45, 2.75) is 33.2 Å². The maximum absolute atomic E-state index is 5.89. The summed E-state index contributed by atoms with van der Waals surface area (Å²) in [6.07, 6.45) is 0. The predicted molar refractivity (Wildman–Crippen MR) is 92.0 cm³/mol. The first-order valence-electron chi connectivity index (χ1n) is 6.21. The molecule has 0 saturated carbocycles. The van der Waals surface area contributed by atoms with Crippen LogP contribution < -0.4 is 10.1 Å². The largest absolute Gasteiger partial charge is 0.491 e. The van der Waals surface area contributed by atoms with E-state index in [9.17, 15) is 0 Å². The van der Waals surface area contributed by atoms with Crippen molar-refractivity contribution < 1.29 is 4.74 Å². The van der Waals surface area contributed by atoms with Gasteiger partial charge < -0.3 is 10.1 Å². The molecule has 0 aromatic heterocycles. The van der Waals surface area contributed by atoms with Gasteiger partial charge in [-0.1, -0.05) is 22.9 Å². The Labute approximate surface area is 141 Å². The lowest BCUT2D eigenvalue weighted by molar-refractivity contribution is 0.242. The van der Waals surface area contributed by atoms with Crippen molar-refractivity contribution in [3.05, 3.63) is 25.6 Å². The summed E-state index contributed by atoms with van der Waals surface area (Å²) in [5.74, 6) is 1.30. The van der Waals surface area contributed by atoms with Gasteiger partial charge in [0.15, 0.2) is 0 Å². The van der Waals surface area contributed by atoms with E-state index in [1.165, 1.54) is 0 Å². The lowest BCUT2D eigenvalue weighted by Gasteiger charge is -2.23. The summed E-state index contributed by atoms with van der Waals surface area (Å²) in [6, 6.07) is 3.97. The lowest BCUT2D eigenvalue weighted by Crippen LogP contribution is -2.39. The fourth-order valence-electron chi connectivity index (χ4n) is 1.43. The minimum absolute atomic E-state index is 0.146. The molecule has 1 aromatic carbocycles. The fraction of sp³-hybridized carbons (Fsp3) is 0.571. The van der Waals surface area contributed by atoms with Gasteiger partial charge in [0.25, 0.3) is 0 Å². The van der Waals surface area contributed by atoms with E-state index >= 15 is 0 Å². The molecule has 0 radical (unpaired) electrons. The van der Waals surface area contributed by atoms with E-state index < -0.39 is 0 Å². The normalized spacial score (nSPS) is 13.4. The number of hydrogen-bond acceptors (Lipinski definition) is 2. The van der Waals surface area contributed by atoms with Crippen molar-refractivity contribution in [2.24, 2.45) is 5.92 Å². The van der Waals surface area contributed by atoms with E-state index in [1.807, 2.05) is 12.1 Å². The molecule has 1 rings (SSSR count). The molecule has 0 spiro atoms. The molecule has 1 atom stereocenters. The van der Waals surface area contributed by atoms with Crippen LogP contribution in [0.2, 0.25) is 0 Å². The van der Waals surface area contributed by atoms with Gasteiger partial charge in [0.05, 0.1) is 15.6 Å². The van der Waals surface area contributed by atoms with Crippen LogP contribution in [-0.2, 0) is 0 Å². The van der Waals surface area contributed by atoms with E-state index in [-0.39, 0.29) is 5.54 Å². The standard InChI is InChI=1S/C14H20Br3NO/c1-9(7-18-14(2,3)4)8-19-13-11(16)5-10(15)6-12(13)17/h5-6,9,18H,7-8H2,1-4H3. The van der Waals surface area contributed by atoms with E-state index in [0.717, 1.165) is 25.7 Å². The van der Waals surface area contributed by atoms with Crippen molar-refractivity contribution in [2.75, 3.05) is 13.2 Å². The Morgan fingerprint density at radius 1 is 1.16 bits per heavy atom. The van der Waals surface area contributed by atoms with Gasteiger partial charge in [-0.25, -0.2) is 0 Å². The zero-order valence-electron chi connectivity index (χ0n) is 11.7. The molecule has 108 valence electrons. The van der Waals surface area contributed by atoms with Crippen LogP contribution in [0.15, 0.2) is 25.6 Å². The zero-order valence-corrected chi connectivity index (χ0v) is 16.4. The van der Waals surface area contributed by atoms with Crippen molar-refractivity contribution >= 4 is 47.8 Å².